The predicted octanol–water partition coefficient (Wildman–Crippen LogP) is 2.01. The third kappa shape index (κ3) is 3.07. The van der Waals surface area contributed by atoms with Crippen LogP contribution in [-0.2, 0) is 10.0 Å². The lowest BCUT2D eigenvalue weighted by Crippen LogP contribution is -2.23. The Morgan fingerprint density at radius 2 is 2.00 bits per heavy atom. The van der Waals surface area contributed by atoms with Gasteiger partial charge in [-0.15, -0.1) is 0 Å². The molecule has 0 atom stereocenters. The Kier molecular flexibility index (Phi) is 3.54. The number of carbonyl (C=O) groups is 1. The van der Waals surface area contributed by atoms with E-state index in [2.05, 4.69) is 4.72 Å². The maximum Gasteiger partial charge on any atom is 0.235 e. The molecule has 1 aromatic rings. The third-order valence-electron chi connectivity index (χ3n) is 3.16. The molecule has 5 nitrogen and oxygen atoms in total. The Morgan fingerprint density at radius 3 is 2.53 bits per heavy atom. The van der Waals surface area contributed by atoms with Crippen LogP contribution >= 0.6 is 0 Å². The summed E-state index contributed by atoms with van der Waals surface area (Å²) in [5.41, 5.74) is 6.86. The summed E-state index contributed by atoms with van der Waals surface area (Å²) in [4.78, 5) is 12.0. The van der Waals surface area contributed by atoms with Crippen LogP contribution in [0.3, 0.4) is 0 Å². The standard InChI is InChI=1S/C13H18N2O3S/c1-8(2)19(17,18)15-12-7-10(5-6-11(12)14)13(16)9-3-4-9/h5-9,15H,3-4,14H2,1-2H3. The summed E-state index contributed by atoms with van der Waals surface area (Å²) in [6.07, 6.45) is 1.83. The second-order valence-electron chi connectivity index (χ2n) is 5.14. The number of nitrogens with two attached hydrogens (primary N) is 1. The van der Waals surface area contributed by atoms with Crippen molar-refractivity contribution in [3.8, 4) is 0 Å². The third-order valence-corrected chi connectivity index (χ3v) is 4.90. The monoisotopic (exact) mass is 282 g/mol. The number of hydrogen-bond acceptors (Lipinski definition) is 4. The topological polar surface area (TPSA) is 89.3 Å². The van der Waals surface area contributed by atoms with Crippen molar-refractivity contribution in [3.63, 3.8) is 0 Å². The van der Waals surface area contributed by atoms with Crippen molar-refractivity contribution in [1.29, 1.82) is 0 Å². The van der Waals surface area contributed by atoms with E-state index in [1.165, 1.54) is 6.07 Å². The van der Waals surface area contributed by atoms with Crippen LogP contribution in [0, 0.1) is 5.92 Å². The fourth-order valence-electron chi connectivity index (χ4n) is 1.65. The van der Waals surface area contributed by atoms with Gasteiger partial charge in [0.15, 0.2) is 5.78 Å². The van der Waals surface area contributed by atoms with Gasteiger partial charge in [-0.25, -0.2) is 8.42 Å². The van der Waals surface area contributed by atoms with Gasteiger partial charge in [0.1, 0.15) is 0 Å². The number of nitrogens with one attached hydrogen (secondary N) is 1. The molecule has 0 aromatic heterocycles. The number of anilines is 2. The molecule has 1 aliphatic rings. The molecule has 1 saturated carbocycles. The lowest BCUT2D eigenvalue weighted by atomic mass is 10.1. The molecular weight excluding hydrogens is 264 g/mol. The number of rotatable bonds is 5. The average Bonchev–Trinajstić information content (AvgIpc) is 3.14. The highest BCUT2D eigenvalue weighted by atomic mass is 32.2. The van der Waals surface area contributed by atoms with Crippen LogP contribution in [0.15, 0.2) is 18.2 Å². The molecule has 0 heterocycles. The minimum atomic E-state index is -3.46. The van der Waals surface area contributed by atoms with Crippen LogP contribution in [0.1, 0.15) is 37.0 Å². The molecule has 0 bridgehead atoms. The van der Waals surface area contributed by atoms with Gasteiger partial charge < -0.3 is 5.73 Å². The van der Waals surface area contributed by atoms with Gasteiger partial charge in [0.05, 0.1) is 16.6 Å². The van der Waals surface area contributed by atoms with E-state index >= 15 is 0 Å². The minimum Gasteiger partial charge on any atom is -0.397 e. The van der Waals surface area contributed by atoms with Gasteiger partial charge >= 0.3 is 0 Å². The second kappa shape index (κ2) is 4.85. The first-order valence-corrected chi connectivity index (χ1v) is 7.81. The van der Waals surface area contributed by atoms with Crippen LogP contribution < -0.4 is 10.5 Å². The van der Waals surface area contributed by atoms with Gasteiger partial charge in [-0.05, 0) is 44.9 Å². The lowest BCUT2D eigenvalue weighted by molar-refractivity contribution is 0.0967. The summed E-state index contributed by atoms with van der Waals surface area (Å²) in [5, 5.41) is -0.560. The van der Waals surface area contributed by atoms with Crippen LogP contribution in [0.5, 0.6) is 0 Å². The number of ketones is 1. The van der Waals surface area contributed by atoms with Crippen molar-refractivity contribution < 1.29 is 13.2 Å². The fourth-order valence-corrected chi connectivity index (χ4v) is 2.37. The zero-order valence-electron chi connectivity index (χ0n) is 11.0. The number of Topliss-reactive ketones (excluding diaryl/α,β-unsaturated/α-hetero) is 1. The Morgan fingerprint density at radius 1 is 1.37 bits per heavy atom. The van der Waals surface area contributed by atoms with E-state index in [1.807, 2.05) is 0 Å². The lowest BCUT2D eigenvalue weighted by Gasteiger charge is -2.13. The summed E-state index contributed by atoms with van der Waals surface area (Å²) in [6, 6.07) is 4.73. The van der Waals surface area contributed by atoms with Crippen LogP contribution in [0.25, 0.3) is 0 Å². The maximum absolute atomic E-state index is 12.0. The molecule has 0 amide bonds. The summed E-state index contributed by atoms with van der Waals surface area (Å²) in [5.74, 6) is 0.156. The minimum absolute atomic E-state index is 0.0602. The van der Waals surface area contributed by atoms with E-state index in [0.29, 0.717) is 11.3 Å². The SMILES string of the molecule is CC(C)S(=O)(=O)Nc1cc(C(=O)C2CC2)ccc1N. The molecular formula is C13H18N2O3S. The summed E-state index contributed by atoms with van der Waals surface area (Å²) in [7, 11) is -3.46. The summed E-state index contributed by atoms with van der Waals surface area (Å²) >= 11 is 0. The second-order valence-corrected chi connectivity index (χ2v) is 7.37. The molecule has 0 spiro atoms. The highest BCUT2D eigenvalue weighted by Crippen LogP contribution is 2.34. The average molecular weight is 282 g/mol. The van der Waals surface area contributed by atoms with Crippen molar-refractivity contribution in [2.75, 3.05) is 10.5 Å². The van der Waals surface area contributed by atoms with Crippen molar-refractivity contribution in [2.45, 2.75) is 31.9 Å². The number of hydrogen-bond donors (Lipinski definition) is 2. The van der Waals surface area contributed by atoms with Gasteiger partial charge in [-0.3, -0.25) is 9.52 Å². The first kappa shape index (κ1) is 13.9. The smallest absolute Gasteiger partial charge is 0.235 e. The van der Waals surface area contributed by atoms with Gasteiger partial charge in [0, 0.05) is 11.5 Å². The van der Waals surface area contributed by atoms with Gasteiger partial charge in [0.2, 0.25) is 10.0 Å². The normalized spacial score (nSPS) is 15.5. The largest absolute Gasteiger partial charge is 0.397 e. The molecule has 2 rings (SSSR count). The maximum atomic E-state index is 12.0. The Labute approximate surface area is 113 Å². The molecule has 19 heavy (non-hydrogen) atoms. The zero-order chi connectivity index (χ0) is 14.2. The van der Waals surface area contributed by atoms with E-state index in [0.717, 1.165) is 12.8 Å². The van der Waals surface area contributed by atoms with E-state index < -0.39 is 15.3 Å². The van der Waals surface area contributed by atoms with Crippen LogP contribution in [0.2, 0.25) is 0 Å². The zero-order valence-corrected chi connectivity index (χ0v) is 11.8. The quantitative estimate of drug-likeness (QED) is 0.638. The van der Waals surface area contributed by atoms with Gasteiger partial charge in [0.25, 0.3) is 0 Å². The number of carbonyl (C=O) groups excluding carboxylic acids is 1. The van der Waals surface area contributed by atoms with Crippen molar-refractivity contribution >= 4 is 27.2 Å². The van der Waals surface area contributed by atoms with Gasteiger partial charge in [-0.2, -0.15) is 0 Å². The number of sulfonamides is 1. The predicted molar refractivity (Wildman–Crippen MR) is 75.6 cm³/mol. The molecule has 3 N–H and O–H groups in total. The molecule has 0 saturated heterocycles. The summed E-state index contributed by atoms with van der Waals surface area (Å²) < 4.78 is 26.1. The van der Waals surface area contributed by atoms with E-state index in [9.17, 15) is 13.2 Å². The van der Waals surface area contributed by atoms with E-state index in [4.69, 9.17) is 5.73 Å². The Hall–Kier alpha value is -1.56. The number of nitrogen functional groups attached to an aromatic ring is 1. The molecule has 1 fully saturated rings. The molecule has 0 unspecified atom stereocenters. The molecule has 104 valence electrons. The fraction of sp³-hybridized carbons (Fsp3) is 0.462. The van der Waals surface area contributed by atoms with Crippen molar-refractivity contribution in [3.05, 3.63) is 23.8 Å². The highest BCUT2D eigenvalue weighted by Gasteiger charge is 2.30. The van der Waals surface area contributed by atoms with Crippen LogP contribution in [0.4, 0.5) is 11.4 Å². The molecule has 0 aliphatic heterocycles. The van der Waals surface area contributed by atoms with Crippen molar-refractivity contribution in [1.82, 2.24) is 0 Å². The molecule has 0 radical (unpaired) electrons. The first-order valence-electron chi connectivity index (χ1n) is 6.26. The highest BCUT2D eigenvalue weighted by molar-refractivity contribution is 7.93. The molecule has 1 aromatic carbocycles. The van der Waals surface area contributed by atoms with E-state index in [1.54, 1.807) is 26.0 Å². The van der Waals surface area contributed by atoms with Crippen LogP contribution in [-0.4, -0.2) is 19.5 Å². The Bertz CT molecular complexity index is 604. The number of benzene rings is 1. The summed E-state index contributed by atoms with van der Waals surface area (Å²) in [6.45, 7) is 3.16. The molecule has 1 aliphatic carbocycles. The van der Waals surface area contributed by atoms with E-state index in [-0.39, 0.29) is 17.4 Å². The first-order chi connectivity index (χ1) is 8.81. The Balaban J connectivity index is 2.29. The van der Waals surface area contributed by atoms with Crippen molar-refractivity contribution in [2.24, 2.45) is 5.92 Å². The van der Waals surface area contributed by atoms with Gasteiger partial charge in [-0.1, -0.05) is 0 Å². The molecule has 6 heteroatoms.